The second-order valence-electron chi connectivity index (χ2n) is 5.87. The minimum Gasteiger partial charge on any atom is -0.467 e. The number of amidine groups is 1. The molecular weight excluding hydrogens is 338 g/mol. The van der Waals surface area contributed by atoms with Crippen LogP contribution in [0.2, 0.25) is 0 Å². The third-order valence-corrected chi connectivity index (χ3v) is 4.88. The molecule has 130 valence electrons. The summed E-state index contributed by atoms with van der Waals surface area (Å²) in [6, 6.07) is 9.43. The Morgan fingerprint density at radius 3 is 2.92 bits per heavy atom. The third kappa shape index (κ3) is 4.51. The summed E-state index contributed by atoms with van der Waals surface area (Å²) < 4.78 is 5.20. The molecule has 3 rings (SSSR count). The lowest BCUT2D eigenvalue weighted by atomic mass is 10.1. The molecule has 1 saturated heterocycles. The Bertz CT molecular complexity index is 815. The van der Waals surface area contributed by atoms with E-state index in [2.05, 4.69) is 15.6 Å². The monoisotopic (exact) mass is 357 g/mol. The van der Waals surface area contributed by atoms with Crippen LogP contribution in [0.4, 0.5) is 5.69 Å². The number of hydrogen-bond donors (Lipinski definition) is 2. The van der Waals surface area contributed by atoms with Crippen LogP contribution in [0, 0.1) is 13.8 Å². The van der Waals surface area contributed by atoms with Gasteiger partial charge in [-0.1, -0.05) is 29.5 Å². The van der Waals surface area contributed by atoms with Crippen LogP contribution in [0.1, 0.15) is 23.3 Å². The van der Waals surface area contributed by atoms with Gasteiger partial charge in [0.2, 0.25) is 11.8 Å². The lowest BCUT2D eigenvalue weighted by Crippen LogP contribution is -2.28. The van der Waals surface area contributed by atoms with Crippen molar-refractivity contribution in [2.24, 2.45) is 4.99 Å². The fourth-order valence-corrected chi connectivity index (χ4v) is 3.46. The van der Waals surface area contributed by atoms with Crippen molar-refractivity contribution in [1.82, 2.24) is 5.32 Å². The molecule has 0 bridgehead atoms. The first-order valence-electron chi connectivity index (χ1n) is 7.93. The molecule has 1 aliphatic rings. The van der Waals surface area contributed by atoms with Gasteiger partial charge in [0.05, 0.1) is 12.8 Å². The fraction of sp³-hybridized carbons (Fsp3) is 0.278. The average molecular weight is 357 g/mol. The van der Waals surface area contributed by atoms with E-state index < -0.39 is 5.25 Å². The molecule has 2 amide bonds. The van der Waals surface area contributed by atoms with Crippen molar-refractivity contribution in [3.8, 4) is 0 Å². The molecule has 0 spiro atoms. The second-order valence-corrected chi connectivity index (χ2v) is 7.06. The third-order valence-electron chi connectivity index (χ3n) is 3.76. The lowest BCUT2D eigenvalue weighted by molar-refractivity contribution is -0.122. The molecule has 1 aliphatic heterocycles. The Labute approximate surface area is 150 Å². The van der Waals surface area contributed by atoms with Crippen molar-refractivity contribution >= 4 is 34.4 Å². The van der Waals surface area contributed by atoms with E-state index in [1.54, 1.807) is 12.3 Å². The van der Waals surface area contributed by atoms with Gasteiger partial charge in [0, 0.05) is 12.1 Å². The standard InChI is InChI=1S/C18H19N3O3S/c1-11-5-6-14(12(2)8-11)20-16(22)9-15-17(23)21-18(25-15)19-10-13-4-3-7-24-13/h3-8,15H,9-10H2,1-2H3,(H,20,22)(H,19,21,23)/t15-/m1/s1. The second kappa shape index (κ2) is 7.57. The number of benzene rings is 1. The lowest BCUT2D eigenvalue weighted by Gasteiger charge is -2.10. The Balaban J connectivity index is 1.56. The number of amides is 2. The number of furan rings is 1. The summed E-state index contributed by atoms with van der Waals surface area (Å²) in [6.45, 7) is 4.30. The Morgan fingerprint density at radius 2 is 2.20 bits per heavy atom. The molecule has 1 aromatic heterocycles. The molecule has 1 fully saturated rings. The molecule has 0 saturated carbocycles. The number of aryl methyl sites for hydroxylation is 2. The maximum atomic E-state index is 12.2. The SMILES string of the molecule is Cc1ccc(NC(=O)C[C@H]2SC(=NCc3ccco3)NC2=O)c(C)c1. The van der Waals surface area contributed by atoms with Crippen LogP contribution in [0.3, 0.4) is 0 Å². The number of nitrogens with zero attached hydrogens (tertiary/aromatic N) is 1. The van der Waals surface area contributed by atoms with Gasteiger partial charge >= 0.3 is 0 Å². The molecule has 6 nitrogen and oxygen atoms in total. The number of rotatable bonds is 5. The van der Waals surface area contributed by atoms with Gasteiger partial charge in [-0.2, -0.15) is 0 Å². The molecule has 0 aliphatic carbocycles. The predicted molar refractivity (Wildman–Crippen MR) is 98.5 cm³/mol. The topological polar surface area (TPSA) is 83.7 Å². The zero-order chi connectivity index (χ0) is 17.8. The number of hydrogen-bond acceptors (Lipinski definition) is 5. The summed E-state index contributed by atoms with van der Waals surface area (Å²) in [4.78, 5) is 28.6. The molecule has 0 radical (unpaired) electrons. The largest absolute Gasteiger partial charge is 0.467 e. The highest BCUT2D eigenvalue weighted by Crippen LogP contribution is 2.24. The molecule has 1 atom stereocenters. The van der Waals surface area contributed by atoms with Gasteiger partial charge in [-0.3, -0.25) is 14.6 Å². The zero-order valence-electron chi connectivity index (χ0n) is 14.0. The highest BCUT2D eigenvalue weighted by molar-refractivity contribution is 8.15. The molecule has 1 aromatic carbocycles. The molecule has 2 N–H and O–H groups in total. The minimum absolute atomic E-state index is 0.101. The Kier molecular flexibility index (Phi) is 5.23. The number of anilines is 1. The van der Waals surface area contributed by atoms with E-state index in [1.165, 1.54) is 11.8 Å². The molecule has 25 heavy (non-hydrogen) atoms. The van der Waals surface area contributed by atoms with E-state index in [0.29, 0.717) is 11.7 Å². The molecule has 7 heteroatoms. The number of aliphatic imine (C=N–C) groups is 1. The van der Waals surface area contributed by atoms with E-state index in [0.717, 1.165) is 22.6 Å². The van der Waals surface area contributed by atoms with Crippen LogP contribution in [-0.4, -0.2) is 22.2 Å². The first kappa shape index (κ1) is 17.3. The Hall–Kier alpha value is -2.54. The maximum absolute atomic E-state index is 12.2. The van der Waals surface area contributed by atoms with E-state index in [4.69, 9.17) is 4.42 Å². The first-order valence-corrected chi connectivity index (χ1v) is 8.80. The number of carbonyl (C=O) groups excluding carboxylic acids is 2. The molecule has 0 unspecified atom stereocenters. The minimum atomic E-state index is -0.471. The van der Waals surface area contributed by atoms with Crippen molar-refractivity contribution in [2.45, 2.75) is 32.1 Å². The van der Waals surface area contributed by atoms with Crippen LogP contribution in [-0.2, 0) is 16.1 Å². The molecule has 2 heterocycles. The predicted octanol–water partition coefficient (Wildman–Crippen LogP) is 3.01. The van der Waals surface area contributed by atoms with Gasteiger partial charge in [0.25, 0.3) is 0 Å². The smallest absolute Gasteiger partial charge is 0.240 e. The van der Waals surface area contributed by atoms with Crippen LogP contribution in [0.15, 0.2) is 46.0 Å². The normalized spacial score (nSPS) is 18.4. The summed E-state index contributed by atoms with van der Waals surface area (Å²) in [6.07, 6.45) is 1.68. The zero-order valence-corrected chi connectivity index (χ0v) is 14.9. The van der Waals surface area contributed by atoms with Gasteiger partial charge in [0.1, 0.15) is 11.0 Å². The summed E-state index contributed by atoms with van der Waals surface area (Å²) in [7, 11) is 0. The van der Waals surface area contributed by atoms with Crippen molar-refractivity contribution < 1.29 is 14.0 Å². The number of nitrogens with one attached hydrogen (secondary N) is 2. The summed E-state index contributed by atoms with van der Waals surface area (Å²) in [5.74, 6) is 0.337. The van der Waals surface area contributed by atoms with Gasteiger partial charge in [-0.15, -0.1) is 0 Å². The summed E-state index contributed by atoms with van der Waals surface area (Å²) in [5.41, 5.74) is 2.90. The van der Waals surface area contributed by atoms with Crippen molar-refractivity contribution in [1.29, 1.82) is 0 Å². The van der Waals surface area contributed by atoms with E-state index in [9.17, 15) is 9.59 Å². The van der Waals surface area contributed by atoms with Gasteiger partial charge in [-0.25, -0.2) is 0 Å². The highest BCUT2D eigenvalue weighted by atomic mass is 32.2. The van der Waals surface area contributed by atoms with Gasteiger partial charge < -0.3 is 15.1 Å². The van der Waals surface area contributed by atoms with Crippen LogP contribution >= 0.6 is 11.8 Å². The van der Waals surface area contributed by atoms with E-state index in [-0.39, 0.29) is 18.2 Å². The number of thioether (sulfide) groups is 1. The van der Waals surface area contributed by atoms with Crippen molar-refractivity contribution in [3.63, 3.8) is 0 Å². The quantitative estimate of drug-likeness (QED) is 0.861. The fourth-order valence-electron chi connectivity index (χ4n) is 2.49. The molecule has 2 aromatic rings. The van der Waals surface area contributed by atoms with Gasteiger partial charge in [-0.05, 0) is 37.6 Å². The van der Waals surface area contributed by atoms with Crippen LogP contribution < -0.4 is 10.6 Å². The van der Waals surface area contributed by atoms with Crippen molar-refractivity contribution in [2.75, 3.05) is 5.32 Å². The maximum Gasteiger partial charge on any atom is 0.240 e. The van der Waals surface area contributed by atoms with Crippen LogP contribution in [0.25, 0.3) is 0 Å². The van der Waals surface area contributed by atoms with Crippen molar-refractivity contribution in [3.05, 3.63) is 53.5 Å². The first-order chi connectivity index (χ1) is 12.0. The summed E-state index contributed by atoms with van der Waals surface area (Å²) in [5, 5.41) is 5.62. The van der Waals surface area contributed by atoms with E-state index in [1.807, 2.05) is 38.1 Å². The van der Waals surface area contributed by atoms with Crippen LogP contribution in [0.5, 0.6) is 0 Å². The van der Waals surface area contributed by atoms with Gasteiger partial charge in [0.15, 0.2) is 5.17 Å². The molecular formula is C18H19N3O3S. The average Bonchev–Trinajstić information content (AvgIpc) is 3.18. The van der Waals surface area contributed by atoms with E-state index >= 15 is 0 Å². The Morgan fingerprint density at radius 1 is 1.36 bits per heavy atom. The highest BCUT2D eigenvalue weighted by Gasteiger charge is 2.32. The summed E-state index contributed by atoms with van der Waals surface area (Å²) >= 11 is 1.27. The number of carbonyl (C=O) groups is 2.